The van der Waals surface area contributed by atoms with Gasteiger partial charge in [0.15, 0.2) is 0 Å². The minimum atomic E-state index is 0.0657. The summed E-state index contributed by atoms with van der Waals surface area (Å²) in [6, 6.07) is 7.61. The quantitative estimate of drug-likeness (QED) is 0.775. The number of hydrogen-bond acceptors (Lipinski definition) is 2. The Labute approximate surface area is 110 Å². The van der Waals surface area contributed by atoms with Crippen LogP contribution in [-0.2, 0) is 4.74 Å². The molecule has 0 fully saturated rings. The lowest BCUT2D eigenvalue weighted by molar-refractivity contribution is 0.0706. The topological polar surface area (TPSA) is 29.5 Å². The Hall–Kier alpha value is -0.620. The molecule has 0 aliphatic heterocycles. The van der Waals surface area contributed by atoms with E-state index >= 15 is 0 Å². The number of amides is 1. The summed E-state index contributed by atoms with van der Waals surface area (Å²) in [6.07, 6.45) is 0. The van der Waals surface area contributed by atoms with E-state index in [4.69, 9.17) is 4.74 Å². The second-order valence-electron chi connectivity index (χ2n) is 3.38. The number of rotatable bonds is 5. The first-order chi connectivity index (χ1) is 7.69. The summed E-state index contributed by atoms with van der Waals surface area (Å²) in [6.45, 7) is 3.89. The molecule has 0 N–H and O–H groups in total. The molecule has 88 valence electrons. The molecule has 0 aliphatic rings. The van der Waals surface area contributed by atoms with Crippen LogP contribution in [0.4, 0.5) is 0 Å². The lowest BCUT2D eigenvalue weighted by Gasteiger charge is -2.20. The van der Waals surface area contributed by atoms with E-state index in [0.717, 1.165) is 9.13 Å². The Balaban J connectivity index is 2.70. The molecule has 0 bridgehead atoms. The van der Waals surface area contributed by atoms with E-state index in [1.807, 2.05) is 31.2 Å². The summed E-state index contributed by atoms with van der Waals surface area (Å²) in [5, 5.41) is 0. The van der Waals surface area contributed by atoms with E-state index in [-0.39, 0.29) is 5.91 Å². The van der Waals surface area contributed by atoms with E-state index in [2.05, 4.69) is 22.6 Å². The van der Waals surface area contributed by atoms with Gasteiger partial charge in [0.05, 0.1) is 6.61 Å². The lowest BCUT2D eigenvalue weighted by atomic mass is 10.2. The molecule has 0 aliphatic carbocycles. The maximum atomic E-state index is 12.1. The third kappa shape index (κ3) is 3.75. The predicted octanol–water partition coefficient (Wildman–Crippen LogP) is 2.40. The summed E-state index contributed by atoms with van der Waals surface area (Å²) >= 11 is 2.22. The number of likely N-dealkylation sites (N-methyl/N-ethyl adjacent to an activating group) is 1. The molecule has 1 rings (SSSR count). The Morgan fingerprint density at radius 3 is 2.50 bits per heavy atom. The number of hydrogen-bond donors (Lipinski definition) is 0. The third-order valence-corrected chi connectivity index (χ3v) is 3.04. The number of nitrogens with zero attached hydrogens (tertiary/aromatic N) is 1. The average molecular weight is 333 g/mol. The van der Waals surface area contributed by atoms with Gasteiger partial charge in [-0.15, -0.1) is 0 Å². The van der Waals surface area contributed by atoms with Gasteiger partial charge in [-0.05, 0) is 53.8 Å². The molecular formula is C12H16INO2. The van der Waals surface area contributed by atoms with Crippen molar-refractivity contribution in [2.75, 3.05) is 26.8 Å². The van der Waals surface area contributed by atoms with Crippen molar-refractivity contribution in [1.82, 2.24) is 4.90 Å². The Morgan fingerprint density at radius 1 is 1.38 bits per heavy atom. The highest BCUT2D eigenvalue weighted by atomic mass is 127. The van der Waals surface area contributed by atoms with Crippen LogP contribution in [0.1, 0.15) is 17.3 Å². The fourth-order valence-electron chi connectivity index (χ4n) is 1.38. The number of carbonyl (C=O) groups is 1. The maximum absolute atomic E-state index is 12.1. The average Bonchev–Trinajstić information content (AvgIpc) is 2.30. The summed E-state index contributed by atoms with van der Waals surface area (Å²) in [5.74, 6) is 0.0657. The van der Waals surface area contributed by atoms with Crippen molar-refractivity contribution in [2.24, 2.45) is 0 Å². The maximum Gasteiger partial charge on any atom is 0.253 e. The van der Waals surface area contributed by atoms with Crippen LogP contribution in [0.3, 0.4) is 0 Å². The third-order valence-electron chi connectivity index (χ3n) is 2.33. The Morgan fingerprint density at radius 2 is 2.00 bits per heavy atom. The van der Waals surface area contributed by atoms with Crippen molar-refractivity contribution in [3.05, 3.63) is 33.4 Å². The molecule has 4 heteroatoms. The first kappa shape index (κ1) is 13.4. The molecular weight excluding hydrogens is 317 g/mol. The van der Waals surface area contributed by atoms with Crippen molar-refractivity contribution in [3.63, 3.8) is 0 Å². The van der Waals surface area contributed by atoms with E-state index in [9.17, 15) is 4.79 Å². The molecule has 0 saturated heterocycles. The van der Waals surface area contributed by atoms with Crippen molar-refractivity contribution in [2.45, 2.75) is 6.92 Å². The van der Waals surface area contributed by atoms with Crippen LogP contribution in [0.5, 0.6) is 0 Å². The minimum Gasteiger partial charge on any atom is -0.383 e. The van der Waals surface area contributed by atoms with Gasteiger partial charge in [0, 0.05) is 29.3 Å². The summed E-state index contributed by atoms with van der Waals surface area (Å²) in [7, 11) is 1.64. The van der Waals surface area contributed by atoms with E-state index in [1.54, 1.807) is 12.0 Å². The van der Waals surface area contributed by atoms with Gasteiger partial charge in [0.25, 0.3) is 5.91 Å². The number of benzene rings is 1. The predicted molar refractivity (Wildman–Crippen MR) is 72.6 cm³/mol. The van der Waals surface area contributed by atoms with Crippen LogP contribution < -0.4 is 0 Å². The van der Waals surface area contributed by atoms with Crippen molar-refractivity contribution >= 4 is 28.5 Å². The van der Waals surface area contributed by atoms with E-state index in [1.165, 1.54) is 0 Å². The van der Waals surface area contributed by atoms with Crippen LogP contribution in [0, 0.1) is 3.57 Å². The second kappa shape index (κ2) is 6.85. The van der Waals surface area contributed by atoms with Gasteiger partial charge in [-0.2, -0.15) is 0 Å². The molecule has 0 radical (unpaired) electrons. The molecule has 0 atom stereocenters. The van der Waals surface area contributed by atoms with E-state index < -0.39 is 0 Å². The highest BCUT2D eigenvalue weighted by Gasteiger charge is 2.13. The van der Waals surface area contributed by atoms with Gasteiger partial charge >= 0.3 is 0 Å². The van der Waals surface area contributed by atoms with Gasteiger partial charge in [-0.1, -0.05) is 0 Å². The SMILES string of the molecule is CCN(CCOC)C(=O)c1ccc(I)cc1. The molecule has 0 heterocycles. The molecule has 0 aromatic heterocycles. The molecule has 16 heavy (non-hydrogen) atoms. The largest absolute Gasteiger partial charge is 0.383 e. The summed E-state index contributed by atoms with van der Waals surface area (Å²) < 4.78 is 6.12. The van der Waals surface area contributed by atoms with Gasteiger partial charge in [0.1, 0.15) is 0 Å². The summed E-state index contributed by atoms with van der Waals surface area (Å²) in [5.41, 5.74) is 0.735. The monoisotopic (exact) mass is 333 g/mol. The lowest BCUT2D eigenvalue weighted by Crippen LogP contribution is -2.33. The number of carbonyl (C=O) groups excluding carboxylic acids is 1. The molecule has 0 unspecified atom stereocenters. The van der Waals surface area contributed by atoms with Crippen molar-refractivity contribution < 1.29 is 9.53 Å². The zero-order chi connectivity index (χ0) is 12.0. The first-order valence-corrected chi connectivity index (χ1v) is 6.30. The fraction of sp³-hybridized carbons (Fsp3) is 0.417. The fourth-order valence-corrected chi connectivity index (χ4v) is 1.74. The molecule has 1 amide bonds. The highest BCUT2D eigenvalue weighted by molar-refractivity contribution is 14.1. The Bertz CT molecular complexity index is 337. The van der Waals surface area contributed by atoms with Gasteiger partial charge in [0.2, 0.25) is 0 Å². The van der Waals surface area contributed by atoms with Crippen LogP contribution in [0.2, 0.25) is 0 Å². The van der Waals surface area contributed by atoms with Crippen molar-refractivity contribution in [3.8, 4) is 0 Å². The van der Waals surface area contributed by atoms with Crippen LogP contribution in [0.15, 0.2) is 24.3 Å². The smallest absolute Gasteiger partial charge is 0.253 e. The summed E-state index contributed by atoms with van der Waals surface area (Å²) in [4.78, 5) is 13.8. The number of methoxy groups -OCH3 is 1. The number of ether oxygens (including phenoxy) is 1. The van der Waals surface area contributed by atoms with Gasteiger partial charge < -0.3 is 9.64 Å². The first-order valence-electron chi connectivity index (χ1n) is 5.22. The molecule has 0 saturated carbocycles. The van der Waals surface area contributed by atoms with Crippen LogP contribution in [0.25, 0.3) is 0 Å². The molecule has 3 nitrogen and oxygen atoms in total. The van der Waals surface area contributed by atoms with Gasteiger partial charge in [-0.3, -0.25) is 4.79 Å². The molecule has 1 aromatic rings. The molecule has 0 spiro atoms. The van der Waals surface area contributed by atoms with Crippen LogP contribution >= 0.6 is 22.6 Å². The Kier molecular flexibility index (Phi) is 5.76. The number of halogens is 1. The van der Waals surface area contributed by atoms with E-state index in [0.29, 0.717) is 19.7 Å². The normalized spacial score (nSPS) is 10.2. The molecule has 1 aromatic carbocycles. The minimum absolute atomic E-state index is 0.0657. The standard InChI is InChI=1S/C12H16INO2/c1-3-14(8-9-16-2)12(15)10-4-6-11(13)7-5-10/h4-7H,3,8-9H2,1-2H3. The highest BCUT2D eigenvalue weighted by Crippen LogP contribution is 2.09. The zero-order valence-electron chi connectivity index (χ0n) is 9.57. The second-order valence-corrected chi connectivity index (χ2v) is 4.63. The van der Waals surface area contributed by atoms with Crippen molar-refractivity contribution in [1.29, 1.82) is 0 Å². The van der Waals surface area contributed by atoms with Gasteiger partial charge in [-0.25, -0.2) is 0 Å². The van der Waals surface area contributed by atoms with Crippen LogP contribution in [-0.4, -0.2) is 37.6 Å². The zero-order valence-corrected chi connectivity index (χ0v) is 11.7.